The van der Waals surface area contributed by atoms with Crippen molar-refractivity contribution in [1.82, 2.24) is 24.9 Å². The number of morpholine rings is 1. The number of benzene rings is 2. The molecular formula is C27H32ClN5O3S. The zero-order valence-corrected chi connectivity index (χ0v) is 22.6. The van der Waals surface area contributed by atoms with Crippen LogP contribution in [0.2, 0.25) is 5.02 Å². The van der Waals surface area contributed by atoms with Crippen molar-refractivity contribution < 1.29 is 9.53 Å². The topological polar surface area (TPSA) is 79.7 Å². The van der Waals surface area contributed by atoms with Gasteiger partial charge in [0, 0.05) is 69.4 Å². The standard InChI is InChI=1S/C27H32ClN5O3S/c1-31-25-21(18-33-8-12-37-13-9-33)14-20(17-32-6-10-36-11-7-32)15-23(25)26(34)24(30-31)27(35)29-16-19-2-4-22(28)5-3-19/h2-5,14-15H,6-13,16-18H2,1H3,(H,29,35). The fourth-order valence-corrected chi connectivity index (χ4v) is 6.04. The highest BCUT2D eigenvalue weighted by molar-refractivity contribution is 7.99. The van der Waals surface area contributed by atoms with Crippen LogP contribution >= 0.6 is 23.4 Å². The number of nitrogens with one attached hydrogen (secondary N) is 1. The molecule has 2 saturated heterocycles. The zero-order valence-electron chi connectivity index (χ0n) is 21.0. The summed E-state index contributed by atoms with van der Waals surface area (Å²) in [5.41, 5.74) is 3.42. The second-order valence-corrected chi connectivity index (χ2v) is 11.2. The van der Waals surface area contributed by atoms with E-state index in [2.05, 4.69) is 26.3 Å². The largest absolute Gasteiger partial charge is 0.379 e. The molecular weight excluding hydrogens is 510 g/mol. The van der Waals surface area contributed by atoms with Crippen LogP contribution in [0, 0.1) is 0 Å². The van der Waals surface area contributed by atoms with Gasteiger partial charge in [0.2, 0.25) is 5.43 Å². The van der Waals surface area contributed by atoms with Gasteiger partial charge in [0.15, 0.2) is 5.69 Å². The van der Waals surface area contributed by atoms with Crippen molar-refractivity contribution in [1.29, 1.82) is 0 Å². The summed E-state index contributed by atoms with van der Waals surface area (Å²) < 4.78 is 7.20. The SMILES string of the molecule is Cn1nc(C(=O)NCc2ccc(Cl)cc2)c(=O)c2cc(CN3CCOCC3)cc(CN3CCSCC3)c21. The number of carbonyl (C=O) groups excluding carboxylic acids is 1. The molecule has 5 rings (SSSR count). The highest BCUT2D eigenvalue weighted by atomic mass is 35.5. The molecule has 0 atom stereocenters. The Morgan fingerprint density at radius 1 is 1.03 bits per heavy atom. The molecule has 0 bridgehead atoms. The number of hydrogen-bond acceptors (Lipinski definition) is 7. The first-order valence-corrected chi connectivity index (χ1v) is 14.2. The van der Waals surface area contributed by atoms with Crippen LogP contribution in [-0.4, -0.2) is 76.4 Å². The fourth-order valence-electron chi connectivity index (χ4n) is 4.94. The summed E-state index contributed by atoms with van der Waals surface area (Å²) in [7, 11) is 1.81. The summed E-state index contributed by atoms with van der Waals surface area (Å²) in [6, 6.07) is 11.4. The van der Waals surface area contributed by atoms with E-state index in [9.17, 15) is 9.59 Å². The molecule has 8 nitrogen and oxygen atoms in total. The molecule has 0 radical (unpaired) electrons. The van der Waals surface area contributed by atoms with Crippen molar-refractivity contribution >= 4 is 40.2 Å². The van der Waals surface area contributed by atoms with Gasteiger partial charge >= 0.3 is 0 Å². The first-order chi connectivity index (χ1) is 18.0. The molecule has 37 heavy (non-hydrogen) atoms. The van der Waals surface area contributed by atoms with Gasteiger partial charge in [-0.25, -0.2) is 0 Å². The van der Waals surface area contributed by atoms with Gasteiger partial charge in [0.25, 0.3) is 5.91 Å². The lowest BCUT2D eigenvalue weighted by Crippen LogP contribution is -2.36. The molecule has 10 heteroatoms. The third-order valence-corrected chi connectivity index (χ3v) is 8.07. The van der Waals surface area contributed by atoms with Crippen LogP contribution in [0.25, 0.3) is 10.9 Å². The Bertz CT molecular complexity index is 1320. The van der Waals surface area contributed by atoms with Gasteiger partial charge < -0.3 is 10.1 Å². The normalized spacial score (nSPS) is 17.2. The van der Waals surface area contributed by atoms with Crippen molar-refractivity contribution in [2.75, 3.05) is 50.9 Å². The third-order valence-electron chi connectivity index (χ3n) is 6.87. The quantitative estimate of drug-likeness (QED) is 0.492. The van der Waals surface area contributed by atoms with Crippen LogP contribution in [0.4, 0.5) is 0 Å². The summed E-state index contributed by atoms with van der Waals surface area (Å²) in [5, 5.41) is 8.46. The lowest BCUT2D eigenvalue weighted by atomic mass is 10.0. The van der Waals surface area contributed by atoms with Gasteiger partial charge in [-0.3, -0.25) is 24.1 Å². The Labute approximate surface area is 225 Å². The third kappa shape index (κ3) is 6.35. The Hall–Kier alpha value is -2.43. The zero-order chi connectivity index (χ0) is 25.8. The van der Waals surface area contributed by atoms with E-state index in [0.29, 0.717) is 10.4 Å². The van der Waals surface area contributed by atoms with Gasteiger partial charge in [-0.1, -0.05) is 29.8 Å². The Morgan fingerprint density at radius 2 is 1.73 bits per heavy atom. The van der Waals surface area contributed by atoms with Crippen molar-refractivity contribution in [2.24, 2.45) is 7.05 Å². The first-order valence-electron chi connectivity index (χ1n) is 12.6. The van der Waals surface area contributed by atoms with E-state index in [4.69, 9.17) is 16.3 Å². The van der Waals surface area contributed by atoms with Crippen molar-refractivity contribution in [3.8, 4) is 0 Å². The maximum absolute atomic E-state index is 13.7. The summed E-state index contributed by atoms with van der Waals surface area (Å²) in [6.45, 7) is 6.99. The molecule has 3 heterocycles. The predicted molar refractivity (Wildman–Crippen MR) is 148 cm³/mol. The van der Waals surface area contributed by atoms with Crippen LogP contribution in [0.5, 0.6) is 0 Å². The van der Waals surface area contributed by atoms with Gasteiger partial charge in [-0.05, 0) is 34.9 Å². The molecule has 2 aliphatic heterocycles. The van der Waals surface area contributed by atoms with Gasteiger partial charge in [0.05, 0.1) is 24.1 Å². The number of halogens is 1. The maximum atomic E-state index is 13.7. The average molecular weight is 542 g/mol. The highest BCUT2D eigenvalue weighted by Crippen LogP contribution is 2.23. The van der Waals surface area contributed by atoms with Gasteiger partial charge in [-0.2, -0.15) is 16.9 Å². The number of aryl methyl sites for hydroxylation is 1. The second-order valence-electron chi connectivity index (χ2n) is 9.54. The van der Waals surface area contributed by atoms with Crippen LogP contribution in [0.3, 0.4) is 0 Å². The van der Waals surface area contributed by atoms with Crippen molar-refractivity contribution in [3.63, 3.8) is 0 Å². The van der Waals surface area contributed by atoms with E-state index in [0.717, 1.165) is 86.2 Å². The number of ether oxygens (including phenoxy) is 1. The summed E-state index contributed by atoms with van der Waals surface area (Å²) in [4.78, 5) is 31.5. The van der Waals surface area contributed by atoms with Gasteiger partial charge in [-0.15, -0.1) is 0 Å². The number of hydrogen-bond donors (Lipinski definition) is 1. The number of aromatic nitrogens is 2. The van der Waals surface area contributed by atoms with Crippen LogP contribution in [0.15, 0.2) is 41.2 Å². The average Bonchev–Trinajstić information content (AvgIpc) is 2.91. The van der Waals surface area contributed by atoms with E-state index in [1.165, 1.54) is 0 Å². The molecule has 2 fully saturated rings. The molecule has 1 N–H and O–H groups in total. The number of thioether (sulfide) groups is 1. The monoisotopic (exact) mass is 541 g/mol. The van der Waals surface area contributed by atoms with Crippen molar-refractivity contribution in [2.45, 2.75) is 19.6 Å². The van der Waals surface area contributed by atoms with E-state index in [1.807, 2.05) is 37.0 Å². The molecule has 0 aliphatic carbocycles. The lowest BCUT2D eigenvalue weighted by molar-refractivity contribution is 0.0342. The molecule has 2 aromatic carbocycles. The molecule has 196 valence electrons. The highest BCUT2D eigenvalue weighted by Gasteiger charge is 2.22. The number of fused-ring (bicyclic) bond motifs is 1. The summed E-state index contributed by atoms with van der Waals surface area (Å²) in [6.07, 6.45) is 0. The number of rotatable bonds is 7. The molecule has 0 unspecified atom stereocenters. The van der Waals surface area contributed by atoms with E-state index >= 15 is 0 Å². The summed E-state index contributed by atoms with van der Waals surface area (Å²) in [5.74, 6) is 1.74. The Balaban J connectivity index is 1.48. The minimum atomic E-state index is -0.481. The maximum Gasteiger partial charge on any atom is 0.276 e. The number of nitrogens with zero attached hydrogens (tertiary/aromatic N) is 4. The molecule has 2 aliphatic rings. The Morgan fingerprint density at radius 3 is 2.46 bits per heavy atom. The molecule has 3 aromatic rings. The van der Waals surface area contributed by atoms with Crippen LogP contribution in [0.1, 0.15) is 27.2 Å². The molecule has 1 amide bonds. The van der Waals surface area contributed by atoms with E-state index in [-0.39, 0.29) is 17.7 Å². The van der Waals surface area contributed by atoms with Crippen molar-refractivity contribution in [3.05, 3.63) is 74.0 Å². The Kier molecular flexibility index (Phi) is 8.46. The van der Waals surface area contributed by atoms with Crippen LogP contribution in [-0.2, 0) is 31.4 Å². The molecule has 0 spiro atoms. The number of carbonyl (C=O) groups is 1. The number of amides is 1. The van der Waals surface area contributed by atoms with E-state index in [1.54, 1.807) is 16.8 Å². The fraction of sp³-hybridized carbons (Fsp3) is 0.444. The van der Waals surface area contributed by atoms with E-state index < -0.39 is 5.91 Å². The predicted octanol–water partition coefficient (Wildman–Crippen LogP) is 2.90. The summed E-state index contributed by atoms with van der Waals surface area (Å²) >= 11 is 7.93. The minimum Gasteiger partial charge on any atom is -0.379 e. The van der Waals surface area contributed by atoms with Crippen LogP contribution < -0.4 is 10.7 Å². The smallest absolute Gasteiger partial charge is 0.276 e. The van der Waals surface area contributed by atoms with Gasteiger partial charge in [0.1, 0.15) is 0 Å². The molecule has 1 aromatic heterocycles. The lowest BCUT2D eigenvalue weighted by Gasteiger charge is -2.28. The minimum absolute atomic E-state index is 0.0900. The molecule has 0 saturated carbocycles. The first kappa shape index (κ1) is 26.2. The second kappa shape index (κ2) is 12.0.